The Morgan fingerprint density at radius 3 is 2.34 bits per heavy atom. The van der Waals surface area contributed by atoms with Crippen LogP contribution < -0.4 is 10.6 Å². The number of halogens is 1. The van der Waals surface area contributed by atoms with E-state index in [1.54, 1.807) is 38.2 Å². The Labute approximate surface area is 172 Å². The van der Waals surface area contributed by atoms with E-state index in [-0.39, 0.29) is 5.82 Å². The number of aryl methyl sites for hydroxylation is 1. The average molecular weight is 421 g/mol. The Bertz CT molecular complexity index is 944. The topological polar surface area (TPSA) is 73.8 Å². The molecular formula is C21H29FN4O2S. The van der Waals surface area contributed by atoms with E-state index in [2.05, 4.69) is 20.5 Å². The van der Waals surface area contributed by atoms with Crippen molar-refractivity contribution in [3.63, 3.8) is 0 Å². The highest BCUT2D eigenvalue weighted by atomic mass is 32.2. The van der Waals surface area contributed by atoms with Crippen molar-refractivity contribution in [3.05, 3.63) is 65.0 Å². The van der Waals surface area contributed by atoms with E-state index >= 15 is 0 Å². The number of hydrogen-bond acceptors (Lipinski definition) is 4. The molecule has 2 rings (SSSR count). The van der Waals surface area contributed by atoms with E-state index in [0.717, 1.165) is 29.8 Å². The third kappa shape index (κ3) is 7.47. The van der Waals surface area contributed by atoms with Crippen LogP contribution in [0.5, 0.6) is 0 Å². The van der Waals surface area contributed by atoms with Crippen molar-refractivity contribution in [2.75, 3.05) is 33.4 Å². The molecule has 0 aliphatic heterocycles. The van der Waals surface area contributed by atoms with E-state index in [0.29, 0.717) is 23.9 Å². The first-order chi connectivity index (χ1) is 13.7. The first-order valence-electron chi connectivity index (χ1n) is 9.36. The molecule has 0 unspecified atom stereocenters. The maximum atomic E-state index is 13.0. The number of nitrogens with one attached hydrogen (secondary N) is 2. The summed E-state index contributed by atoms with van der Waals surface area (Å²) in [6.45, 7) is 4.56. The van der Waals surface area contributed by atoms with Crippen LogP contribution in [0.1, 0.15) is 16.7 Å². The maximum absolute atomic E-state index is 13.0. The molecule has 2 aromatic carbocycles. The van der Waals surface area contributed by atoms with E-state index < -0.39 is 9.84 Å². The highest BCUT2D eigenvalue weighted by molar-refractivity contribution is 7.90. The van der Waals surface area contributed by atoms with Crippen molar-refractivity contribution in [1.82, 2.24) is 15.5 Å². The quantitative estimate of drug-likeness (QED) is 0.507. The van der Waals surface area contributed by atoms with E-state index in [9.17, 15) is 12.8 Å². The summed E-state index contributed by atoms with van der Waals surface area (Å²) < 4.78 is 36.4. The molecule has 0 aromatic heterocycles. The number of benzene rings is 2. The van der Waals surface area contributed by atoms with Crippen molar-refractivity contribution in [1.29, 1.82) is 0 Å². The van der Waals surface area contributed by atoms with Crippen LogP contribution in [-0.4, -0.2) is 52.7 Å². The molecule has 0 saturated carbocycles. The Hall–Kier alpha value is -2.45. The molecule has 0 bridgehead atoms. The molecule has 0 aliphatic rings. The van der Waals surface area contributed by atoms with Gasteiger partial charge in [-0.1, -0.05) is 24.3 Å². The average Bonchev–Trinajstić information content (AvgIpc) is 2.65. The number of rotatable bonds is 8. The minimum absolute atomic E-state index is 0.228. The van der Waals surface area contributed by atoms with Crippen LogP contribution in [0.25, 0.3) is 0 Å². The van der Waals surface area contributed by atoms with Gasteiger partial charge in [-0.15, -0.1) is 0 Å². The highest BCUT2D eigenvalue weighted by Gasteiger charge is 2.11. The zero-order valence-electron chi connectivity index (χ0n) is 17.4. The normalized spacial score (nSPS) is 12.3. The van der Waals surface area contributed by atoms with Crippen molar-refractivity contribution in [2.45, 2.75) is 24.9 Å². The predicted octanol–water partition coefficient (Wildman–Crippen LogP) is 2.33. The van der Waals surface area contributed by atoms with Gasteiger partial charge in [-0.2, -0.15) is 0 Å². The van der Waals surface area contributed by atoms with Gasteiger partial charge in [-0.05, 0) is 48.9 Å². The Kier molecular flexibility index (Phi) is 8.16. The van der Waals surface area contributed by atoms with Crippen LogP contribution >= 0.6 is 0 Å². The van der Waals surface area contributed by atoms with Gasteiger partial charge in [0.25, 0.3) is 0 Å². The number of hydrogen-bond donors (Lipinski definition) is 2. The minimum atomic E-state index is -3.21. The molecule has 0 radical (unpaired) electrons. The van der Waals surface area contributed by atoms with Gasteiger partial charge in [-0.25, -0.2) is 12.8 Å². The van der Waals surface area contributed by atoms with Gasteiger partial charge in [0.15, 0.2) is 15.8 Å². The summed E-state index contributed by atoms with van der Waals surface area (Å²) in [6, 6.07) is 11.8. The van der Waals surface area contributed by atoms with Gasteiger partial charge >= 0.3 is 0 Å². The largest absolute Gasteiger partial charge is 0.355 e. The van der Waals surface area contributed by atoms with Gasteiger partial charge in [0.2, 0.25) is 0 Å². The number of nitrogens with zero attached hydrogens (tertiary/aromatic N) is 2. The fourth-order valence-electron chi connectivity index (χ4n) is 2.99. The maximum Gasteiger partial charge on any atom is 0.191 e. The fraction of sp³-hybridized carbons (Fsp3) is 0.381. The lowest BCUT2D eigenvalue weighted by atomic mass is 10.1. The molecule has 0 amide bonds. The van der Waals surface area contributed by atoms with Crippen LogP contribution in [0.15, 0.2) is 52.4 Å². The van der Waals surface area contributed by atoms with Crippen molar-refractivity contribution in [3.8, 4) is 0 Å². The summed E-state index contributed by atoms with van der Waals surface area (Å²) in [4.78, 5) is 6.71. The summed E-state index contributed by atoms with van der Waals surface area (Å²) in [5.74, 6) is 0.444. The molecule has 2 N–H and O–H groups in total. The molecule has 8 heteroatoms. The number of sulfone groups is 1. The third-order valence-corrected chi connectivity index (χ3v) is 5.73. The summed E-state index contributed by atoms with van der Waals surface area (Å²) in [5.41, 5.74) is 2.77. The molecule has 2 aromatic rings. The van der Waals surface area contributed by atoms with Crippen LogP contribution in [0, 0.1) is 12.7 Å². The first-order valence-corrected chi connectivity index (χ1v) is 11.3. The van der Waals surface area contributed by atoms with Crippen molar-refractivity contribution < 1.29 is 12.8 Å². The monoisotopic (exact) mass is 420 g/mol. The third-order valence-electron chi connectivity index (χ3n) is 4.47. The van der Waals surface area contributed by atoms with Crippen molar-refractivity contribution in [2.24, 2.45) is 4.99 Å². The second kappa shape index (κ2) is 10.4. The second-order valence-electron chi connectivity index (χ2n) is 7.09. The summed E-state index contributed by atoms with van der Waals surface area (Å²) in [6.07, 6.45) is 1.21. The van der Waals surface area contributed by atoms with Gasteiger partial charge in [-0.3, -0.25) is 4.99 Å². The lowest BCUT2D eigenvalue weighted by Gasteiger charge is -2.18. The second-order valence-corrected chi connectivity index (χ2v) is 9.07. The zero-order chi connectivity index (χ0) is 21.4. The number of likely N-dealkylation sites (N-methyl/N-ethyl adjacent to an activating group) is 1. The zero-order valence-corrected chi connectivity index (χ0v) is 18.2. The molecule has 6 nitrogen and oxygen atoms in total. The lowest BCUT2D eigenvalue weighted by Crippen LogP contribution is -2.40. The van der Waals surface area contributed by atoms with E-state index in [1.807, 2.05) is 13.1 Å². The molecule has 0 aliphatic carbocycles. The van der Waals surface area contributed by atoms with Crippen molar-refractivity contribution >= 4 is 15.8 Å². The van der Waals surface area contributed by atoms with Crippen LogP contribution in [0.3, 0.4) is 0 Å². The minimum Gasteiger partial charge on any atom is -0.355 e. The predicted molar refractivity (Wildman–Crippen MR) is 115 cm³/mol. The van der Waals surface area contributed by atoms with Crippen LogP contribution in [0.4, 0.5) is 4.39 Å². The highest BCUT2D eigenvalue weighted by Crippen LogP contribution is 2.16. The van der Waals surface area contributed by atoms with E-state index in [1.165, 1.54) is 18.4 Å². The Morgan fingerprint density at radius 2 is 1.76 bits per heavy atom. The van der Waals surface area contributed by atoms with Crippen LogP contribution in [0.2, 0.25) is 0 Å². The Balaban J connectivity index is 1.79. The molecule has 29 heavy (non-hydrogen) atoms. The number of aliphatic imine (C=N–C) groups is 1. The molecular weight excluding hydrogens is 391 g/mol. The molecule has 0 fully saturated rings. The van der Waals surface area contributed by atoms with E-state index in [4.69, 9.17) is 0 Å². The molecule has 0 heterocycles. The summed E-state index contributed by atoms with van der Waals surface area (Å²) in [7, 11) is 0.500. The smallest absolute Gasteiger partial charge is 0.191 e. The van der Waals surface area contributed by atoms with Gasteiger partial charge in [0.1, 0.15) is 5.82 Å². The Morgan fingerprint density at radius 1 is 1.10 bits per heavy atom. The molecule has 0 atom stereocenters. The molecule has 158 valence electrons. The van der Waals surface area contributed by atoms with Gasteiger partial charge in [0.05, 0.1) is 4.90 Å². The summed E-state index contributed by atoms with van der Waals surface area (Å²) in [5, 5.41) is 6.49. The summed E-state index contributed by atoms with van der Waals surface area (Å²) >= 11 is 0. The molecule has 0 spiro atoms. The first kappa shape index (κ1) is 22.8. The van der Waals surface area contributed by atoms with Crippen LogP contribution in [-0.2, 0) is 22.9 Å². The lowest BCUT2D eigenvalue weighted by molar-refractivity contribution is 0.331. The standard InChI is InChI=1S/C21H29FN4O2S/c1-16-13-18(7-10-20(16)29(4,27)28)14-25-21(23-2)24-11-12-26(3)15-17-5-8-19(22)9-6-17/h5-10,13H,11-12,14-15H2,1-4H3,(H2,23,24,25). The van der Waals surface area contributed by atoms with Gasteiger partial charge < -0.3 is 15.5 Å². The SMILES string of the molecule is CN=C(NCCN(C)Cc1ccc(F)cc1)NCc1ccc(S(C)(=O)=O)c(C)c1. The molecule has 0 saturated heterocycles. The fourth-order valence-corrected chi connectivity index (χ4v) is 3.95. The van der Waals surface area contributed by atoms with Gasteiger partial charge in [0, 0.05) is 39.5 Å². The number of guanidine groups is 1.